The fourth-order valence-electron chi connectivity index (χ4n) is 2.55. The van der Waals surface area contributed by atoms with Crippen molar-refractivity contribution in [3.63, 3.8) is 0 Å². The standard InChI is InChI=1S/C13H18BFO5S/c1-21(18,19)11-4-2-3-10(8-11)20-13-7-9(14(16)17)5-6-12(13)15/h5-7,10-11,16-17H,2-4,8H2,1H3. The first-order chi connectivity index (χ1) is 9.77. The van der Waals surface area contributed by atoms with E-state index in [2.05, 4.69) is 0 Å². The van der Waals surface area contributed by atoms with Gasteiger partial charge in [-0.3, -0.25) is 0 Å². The van der Waals surface area contributed by atoms with Gasteiger partial charge in [0.05, 0.1) is 5.25 Å². The molecule has 1 aromatic carbocycles. The van der Waals surface area contributed by atoms with Gasteiger partial charge in [0.1, 0.15) is 15.9 Å². The summed E-state index contributed by atoms with van der Waals surface area (Å²) in [6.07, 6.45) is 3.08. The summed E-state index contributed by atoms with van der Waals surface area (Å²) in [4.78, 5) is 0. The largest absolute Gasteiger partial charge is 0.488 e. The lowest BCUT2D eigenvalue weighted by Gasteiger charge is -2.28. The van der Waals surface area contributed by atoms with E-state index in [4.69, 9.17) is 14.8 Å². The highest BCUT2D eigenvalue weighted by molar-refractivity contribution is 7.91. The Bertz CT molecular complexity index is 605. The summed E-state index contributed by atoms with van der Waals surface area (Å²) in [5, 5.41) is 17.7. The van der Waals surface area contributed by atoms with Crippen molar-refractivity contribution in [2.75, 3.05) is 6.26 Å². The molecule has 0 bridgehead atoms. The minimum Gasteiger partial charge on any atom is -0.487 e. The van der Waals surface area contributed by atoms with E-state index in [0.717, 1.165) is 6.07 Å². The van der Waals surface area contributed by atoms with E-state index in [1.807, 2.05) is 0 Å². The molecular formula is C13H18BFO5S. The van der Waals surface area contributed by atoms with Gasteiger partial charge in [-0.05, 0) is 36.9 Å². The maximum Gasteiger partial charge on any atom is 0.488 e. The number of sulfone groups is 1. The summed E-state index contributed by atoms with van der Waals surface area (Å²) in [6.45, 7) is 0. The van der Waals surface area contributed by atoms with E-state index >= 15 is 0 Å². The molecule has 1 fully saturated rings. The Hall–Kier alpha value is -1.12. The van der Waals surface area contributed by atoms with E-state index < -0.39 is 28.0 Å². The van der Waals surface area contributed by atoms with E-state index in [-0.39, 0.29) is 17.3 Å². The zero-order valence-corrected chi connectivity index (χ0v) is 12.5. The lowest BCUT2D eigenvalue weighted by molar-refractivity contribution is 0.150. The van der Waals surface area contributed by atoms with Gasteiger partial charge < -0.3 is 14.8 Å². The van der Waals surface area contributed by atoms with Crippen molar-refractivity contribution in [3.05, 3.63) is 24.0 Å². The topological polar surface area (TPSA) is 83.8 Å². The van der Waals surface area contributed by atoms with Crippen molar-refractivity contribution in [2.24, 2.45) is 0 Å². The second-order valence-corrected chi connectivity index (χ2v) is 7.75. The lowest BCUT2D eigenvalue weighted by atomic mass is 9.80. The van der Waals surface area contributed by atoms with Crippen LogP contribution in [0.2, 0.25) is 0 Å². The van der Waals surface area contributed by atoms with Gasteiger partial charge in [-0.25, -0.2) is 12.8 Å². The third kappa shape index (κ3) is 4.18. The van der Waals surface area contributed by atoms with Gasteiger partial charge in [-0.2, -0.15) is 0 Å². The first-order valence-electron chi connectivity index (χ1n) is 6.78. The molecule has 8 heteroatoms. The molecule has 0 aliphatic heterocycles. The Labute approximate surface area is 123 Å². The van der Waals surface area contributed by atoms with Crippen LogP contribution in [0.15, 0.2) is 18.2 Å². The van der Waals surface area contributed by atoms with Crippen molar-refractivity contribution in [1.82, 2.24) is 0 Å². The molecule has 2 unspecified atom stereocenters. The molecule has 2 N–H and O–H groups in total. The minimum absolute atomic E-state index is 0.0836. The molecule has 0 aromatic heterocycles. The molecule has 5 nitrogen and oxygen atoms in total. The predicted octanol–water partition coefficient (Wildman–Crippen LogP) is 0.240. The van der Waals surface area contributed by atoms with Crippen LogP contribution in [0.3, 0.4) is 0 Å². The molecule has 1 aromatic rings. The van der Waals surface area contributed by atoms with Crippen LogP contribution < -0.4 is 10.2 Å². The summed E-state index contributed by atoms with van der Waals surface area (Å²) in [7, 11) is -4.84. The molecule has 0 radical (unpaired) electrons. The average molecular weight is 316 g/mol. The van der Waals surface area contributed by atoms with Crippen LogP contribution in [0, 0.1) is 5.82 Å². The van der Waals surface area contributed by atoms with Crippen LogP contribution in [0.5, 0.6) is 5.75 Å². The van der Waals surface area contributed by atoms with E-state index in [0.29, 0.717) is 25.7 Å². The average Bonchev–Trinajstić information content (AvgIpc) is 2.40. The number of halogens is 1. The molecule has 0 amide bonds. The van der Waals surface area contributed by atoms with Gasteiger partial charge in [0, 0.05) is 12.7 Å². The second kappa shape index (κ2) is 6.33. The summed E-state index contributed by atoms with van der Waals surface area (Å²) >= 11 is 0. The maximum atomic E-state index is 13.7. The quantitative estimate of drug-likeness (QED) is 0.778. The van der Waals surface area contributed by atoms with Crippen LogP contribution in [-0.2, 0) is 9.84 Å². The third-order valence-corrected chi connectivity index (χ3v) is 5.37. The number of benzene rings is 1. The monoisotopic (exact) mass is 316 g/mol. The summed E-state index contributed by atoms with van der Waals surface area (Å²) < 4.78 is 42.5. The number of hydrogen-bond acceptors (Lipinski definition) is 5. The van der Waals surface area contributed by atoms with Crippen LogP contribution in [-0.4, -0.2) is 43.2 Å². The van der Waals surface area contributed by atoms with E-state index in [1.165, 1.54) is 18.4 Å². The molecule has 21 heavy (non-hydrogen) atoms. The Morgan fingerprint density at radius 1 is 1.33 bits per heavy atom. The van der Waals surface area contributed by atoms with Crippen LogP contribution in [0.25, 0.3) is 0 Å². The second-order valence-electron chi connectivity index (χ2n) is 5.42. The summed E-state index contributed by atoms with van der Waals surface area (Å²) in [5.74, 6) is -0.694. The van der Waals surface area contributed by atoms with Crippen molar-refractivity contribution in [2.45, 2.75) is 37.0 Å². The lowest BCUT2D eigenvalue weighted by Crippen LogP contribution is -2.34. The van der Waals surface area contributed by atoms with Gasteiger partial charge in [-0.1, -0.05) is 6.07 Å². The van der Waals surface area contributed by atoms with Crippen molar-refractivity contribution in [3.8, 4) is 5.75 Å². The molecule has 2 rings (SSSR count). The molecular weight excluding hydrogens is 298 g/mol. The number of hydrogen-bond donors (Lipinski definition) is 2. The highest BCUT2D eigenvalue weighted by atomic mass is 32.2. The van der Waals surface area contributed by atoms with Crippen LogP contribution >= 0.6 is 0 Å². The molecule has 1 aliphatic rings. The molecule has 0 spiro atoms. The predicted molar refractivity (Wildman–Crippen MR) is 77.7 cm³/mol. The Morgan fingerprint density at radius 3 is 2.67 bits per heavy atom. The van der Waals surface area contributed by atoms with Crippen LogP contribution in [0.4, 0.5) is 4.39 Å². The van der Waals surface area contributed by atoms with Gasteiger partial charge in [-0.15, -0.1) is 0 Å². The number of ether oxygens (including phenoxy) is 1. The minimum atomic E-state index is -3.14. The maximum absolute atomic E-state index is 13.7. The van der Waals surface area contributed by atoms with Crippen LogP contribution in [0.1, 0.15) is 25.7 Å². The highest BCUT2D eigenvalue weighted by Crippen LogP contribution is 2.28. The van der Waals surface area contributed by atoms with Gasteiger partial charge in [0.2, 0.25) is 0 Å². The van der Waals surface area contributed by atoms with Gasteiger partial charge in [0.25, 0.3) is 0 Å². The smallest absolute Gasteiger partial charge is 0.487 e. The van der Waals surface area contributed by atoms with Crippen molar-refractivity contribution >= 4 is 22.4 Å². The molecule has 0 saturated heterocycles. The molecule has 1 saturated carbocycles. The van der Waals surface area contributed by atoms with Crippen molar-refractivity contribution in [1.29, 1.82) is 0 Å². The third-order valence-electron chi connectivity index (χ3n) is 3.73. The Kier molecular flexibility index (Phi) is 4.90. The number of rotatable bonds is 4. The van der Waals surface area contributed by atoms with E-state index in [9.17, 15) is 12.8 Å². The molecule has 1 aliphatic carbocycles. The van der Waals surface area contributed by atoms with Gasteiger partial charge >= 0.3 is 7.12 Å². The summed E-state index contributed by atoms with van der Waals surface area (Å²) in [5.41, 5.74) is 0.127. The van der Waals surface area contributed by atoms with Gasteiger partial charge in [0.15, 0.2) is 11.6 Å². The molecule has 2 atom stereocenters. The fraction of sp³-hybridized carbons (Fsp3) is 0.538. The fourth-order valence-corrected chi connectivity index (χ4v) is 3.71. The highest BCUT2D eigenvalue weighted by Gasteiger charge is 2.30. The Morgan fingerprint density at radius 2 is 2.05 bits per heavy atom. The zero-order chi connectivity index (χ0) is 15.6. The Balaban J connectivity index is 2.12. The molecule has 0 heterocycles. The molecule has 116 valence electrons. The summed E-state index contributed by atoms with van der Waals surface area (Å²) in [6, 6.07) is 3.58. The SMILES string of the molecule is CS(=O)(=O)C1CCCC(Oc2cc(B(O)O)ccc2F)C1. The zero-order valence-electron chi connectivity index (χ0n) is 11.7. The van der Waals surface area contributed by atoms with Crippen molar-refractivity contribution < 1.29 is 27.6 Å². The first-order valence-corrected chi connectivity index (χ1v) is 8.74. The normalized spacial score (nSPS) is 22.9. The van der Waals surface area contributed by atoms with E-state index in [1.54, 1.807) is 0 Å². The first kappa shape index (κ1) is 16.3.